The van der Waals surface area contributed by atoms with Crippen LogP contribution >= 0.6 is 0 Å². The first-order valence-corrected chi connectivity index (χ1v) is 8.91. The Morgan fingerprint density at radius 2 is 1.50 bits per heavy atom. The summed E-state index contributed by atoms with van der Waals surface area (Å²) in [6, 6.07) is 18.9. The fourth-order valence-corrected chi connectivity index (χ4v) is 3.11. The van der Waals surface area contributed by atoms with E-state index in [-0.39, 0.29) is 6.03 Å². The number of nitrogen functional groups attached to an aromatic ring is 1. The van der Waals surface area contributed by atoms with Crippen LogP contribution in [-0.4, -0.2) is 11.2 Å². The number of urea groups is 1. The molecule has 0 atom stereocenters. The number of aryl methyl sites for hydroxylation is 2. The largest absolute Gasteiger partial charge is 0.367 e. The molecule has 0 aliphatic heterocycles. The SMILES string of the molecule is Cc1ccc(NC(=O)Nc2ccc(-c3ccc(C)c4noc(N)c34)cc2)cc1. The Morgan fingerprint density at radius 3 is 2.14 bits per heavy atom. The number of carbonyl (C=O) groups is 1. The molecule has 1 aromatic heterocycles. The summed E-state index contributed by atoms with van der Waals surface area (Å²) >= 11 is 0. The standard InChI is InChI=1S/C22H20N4O2/c1-13-3-8-16(9-4-13)24-22(27)25-17-10-6-15(7-11-17)18-12-5-14(2)20-19(18)21(23)28-26-20/h3-12H,23H2,1-2H3,(H2,24,25,27). The van der Waals surface area contributed by atoms with E-state index >= 15 is 0 Å². The van der Waals surface area contributed by atoms with Crippen LogP contribution in [0.3, 0.4) is 0 Å². The molecule has 0 unspecified atom stereocenters. The van der Waals surface area contributed by atoms with Gasteiger partial charge in [0.15, 0.2) is 0 Å². The number of carbonyl (C=O) groups excluding carboxylic acids is 1. The summed E-state index contributed by atoms with van der Waals surface area (Å²) in [4.78, 5) is 12.2. The van der Waals surface area contributed by atoms with Gasteiger partial charge in [0.2, 0.25) is 5.88 Å². The van der Waals surface area contributed by atoms with Crippen molar-refractivity contribution in [3.63, 3.8) is 0 Å². The number of hydrogen-bond donors (Lipinski definition) is 3. The van der Waals surface area contributed by atoms with Crippen LogP contribution in [0.1, 0.15) is 11.1 Å². The Kier molecular flexibility index (Phi) is 4.45. The predicted molar refractivity (Wildman–Crippen MR) is 112 cm³/mol. The lowest BCUT2D eigenvalue weighted by Gasteiger charge is -2.09. The topological polar surface area (TPSA) is 93.2 Å². The molecule has 28 heavy (non-hydrogen) atoms. The van der Waals surface area contributed by atoms with Crippen LogP contribution < -0.4 is 16.4 Å². The van der Waals surface area contributed by atoms with E-state index < -0.39 is 0 Å². The van der Waals surface area contributed by atoms with Crippen molar-refractivity contribution in [2.45, 2.75) is 13.8 Å². The maximum atomic E-state index is 12.2. The van der Waals surface area contributed by atoms with Crippen molar-refractivity contribution in [2.75, 3.05) is 16.4 Å². The van der Waals surface area contributed by atoms with Crippen molar-refractivity contribution in [2.24, 2.45) is 0 Å². The highest BCUT2D eigenvalue weighted by Gasteiger charge is 2.14. The molecule has 4 aromatic rings. The van der Waals surface area contributed by atoms with E-state index in [0.717, 1.165) is 38.8 Å². The van der Waals surface area contributed by atoms with Crippen molar-refractivity contribution in [3.05, 3.63) is 71.8 Å². The maximum absolute atomic E-state index is 12.2. The number of fused-ring (bicyclic) bond motifs is 1. The van der Waals surface area contributed by atoms with Gasteiger partial charge < -0.3 is 20.9 Å². The lowest BCUT2D eigenvalue weighted by atomic mass is 9.99. The number of nitrogens with zero attached hydrogens (tertiary/aromatic N) is 1. The summed E-state index contributed by atoms with van der Waals surface area (Å²) in [5, 5.41) is 10.5. The molecule has 4 rings (SSSR count). The van der Waals surface area contributed by atoms with E-state index in [4.69, 9.17) is 10.3 Å². The lowest BCUT2D eigenvalue weighted by Crippen LogP contribution is -2.19. The van der Waals surface area contributed by atoms with E-state index in [2.05, 4.69) is 15.8 Å². The normalized spacial score (nSPS) is 10.8. The van der Waals surface area contributed by atoms with E-state index in [9.17, 15) is 4.79 Å². The second kappa shape index (κ2) is 7.08. The van der Waals surface area contributed by atoms with Gasteiger partial charge in [-0.3, -0.25) is 0 Å². The van der Waals surface area contributed by atoms with Crippen molar-refractivity contribution >= 4 is 34.2 Å². The van der Waals surface area contributed by atoms with E-state index in [1.165, 1.54) is 0 Å². The summed E-state index contributed by atoms with van der Waals surface area (Å²) < 4.78 is 5.16. The number of anilines is 3. The second-order valence-corrected chi connectivity index (χ2v) is 6.72. The molecule has 1 heterocycles. The van der Waals surface area contributed by atoms with Crippen LogP contribution in [0.2, 0.25) is 0 Å². The zero-order chi connectivity index (χ0) is 19.7. The number of aromatic nitrogens is 1. The number of benzene rings is 3. The van der Waals surface area contributed by atoms with Gasteiger partial charge in [-0.25, -0.2) is 4.79 Å². The fourth-order valence-electron chi connectivity index (χ4n) is 3.11. The molecule has 6 nitrogen and oxygen atoms in total. The number of amides is 2. The van der Waals surface area contributed by atoms with Gasteiger partial charge in [-0.05, 0) is 54.8 Å². The van der Waals surface area contributed by atoms with Crippen LogP contribution in [0.4, 0.5) is 22.1 Å². The minimum Gasteiger partial charge on any atom is -0.367 e. The van der Waals surface area contributed by atoms with Gasteiger partial charge in [-0.15, -0.1) is 0 Å². The Hall–Kier alpha value is -3.80. The quantitative estimate of drug-likeness (QED) is 0.453. The predicted octanol–water partition coefficient (Wildman–Crippen LogP) is 5.34. The van der Waals surface area contributed by atoms with Gasteiger partial charge in [0.1, 0.15) is 5.52 Å². The van der Waals surface area contributed by atoms with Crippen molar-refractivity contribution in [1.29, 1.82) is 0 Å². The lowest BCUT2D eigenvalue weighted by molar-refractivity contribution is 0.262. The van der Waals surface area contributed by atoms with Gasteiger partial charge in [0.05, 0.1) is 5.39 Å². The number of hydrogen-bond acceptors (Lipinski definition) is 4. The highest BCUT2D eigenvalue weighted by molar-refractivity contribution is 6.03. The third-order valence-electron chi connectivity index (χ3n) is 4.62. The summed E-state index contributed by atoms with van der Waals surface area (Å²) in [5.41, 5.74) is 12.2. The van der Waals surface area contributed by atoms with E-state index in [0.29, 0.717) is 11.6 Å². The summed E-state index contributed by atoms with van der Waals surface area (Å²) in [6.07, 6.45) is 0. The fraction of sp³-hybridized carbons (Fsp3) is 0.0909. The van der Waals surface area contributed by atoms with Gasteiger partial charge in [0, 0.05) is 11.4 Å². The first kappa shape index (κ1) is 17.6. The Labute approximate surface area is 162 Å². The molecule has 140 valence electrons. The molecule has 6 heteroatoms. The summed E-state index contributed by atoms with van der Waals surface area (Å²) in [6.45, 7) is 3.97. The molecule has 0 aliphatic carbocycles. The number of nitrogens with one attached hydrogen (secondary N) is 2. The smallest absolute Gasteiger partial charge is 0.323 e. The number of nitrogens with two attached hydrogens (primary N) is 1. The molecule has 0 saturated heterocycles. The number of rotatable bonds is 3. The van der Waals surface area contributed by atoms with Crippen molar-refractivity contribution < 1.29 is 9.32 Å². The van der Waals surface area contributed by atoms with Crippen LogP contribution in [0.15, 0.2) is 65.2 Å². The molecular weight excluding hydrogens is 352 g/mol. The van der Waals surface area contributed by atoms with Crippen molar-refractivity contribution in [1.82, 2.24) is 5.16 Å². The van der Waals surface area contributed by atoms with E-state index in [1.54, 1.807) is 0 Å². The zero-order valence-corrected chi connectivity index (χ0v) is 15.6. The molecule has 0 aliphatic rings. The van der Waals surface area contributed by atoms with Gasteiger partial charge >= 0.3 is 6.03 Å². The van der Waals surface area contributed by atoms with Crippen LogP contribution in [0.5, 0.6) is 0 Å². The monoisotopic (exact) mass is 372 g/mol. The van der Waals surface area contributed by atoms with Crippen LogP contribution in [-0.2, 0) is 0 Å². The van der Waals surface area contributed by atoms with Crippen molar-refractivity contribution in [3.8, 4) is 11.1 Å². The summed E-state index contributed by atoms with van der Waals surface area (Å²) in [7, 11) is 0. The molecular formula is C22H20N4O2. The first-order chi connectivity index (χ1) is 13.5. The third kappa shape index (κ3) is 3.40. The molecule has 0 fully saturated rings. The van der Waals surface area contributed by atoms with Gasteiger partial charge in [-0.2, -0.15) is 0 Å². The van der Waals surface area contributed by atoms with Crippen LogP contribution in [0, 0.1) is 13.8 Å². The van der Waals surface area contributed by atoms with E-state index in [1.807, 2.05) is 74.5 Å². The Morgan fingerprint density at radius 1 is 0.893 bits per heavy atom. The summed E-state index contributed by atoms with van der Waals surface area (Å²) in [5.74, 6) is 0.299. The van der Waals surface area contributed by atoms with Gasteiger partial charge in [-0.1, -0.05) is 47.1 Å². The first-order valence-electron chi connectivity index (χ1n) is 8.91. The third-order valence-corrected chi connectivity index (χ3v) is 4.62. The molecule has 0 saturated carbocycles. The minimum absolute atomic E-state index is 0.294. The molecule has 0 spiro atoms. The van der Waals surface area contributed by atoms with Gasteiger partial charge in [0.25, 0.3) is 0 Å². The minimum atomic E-state index is -0.294. The highest BCUT2D eigenvalue weighted by atomic mass is 16.5. The second-order valence-electron chi connectivity index (χ2n) is 6.72. The molecule has 3 aromatic carbocycles. The average Bonchev–Trinajstić information content (AvgIpc) is 3.08. The molecule has 4 N–H and O–H groups in total. The van der Waals surface area contributed by atoms with Crippen LogP contribution in [0.25, 0.3) is 22.0 Å². The Balaban J connectivity index is 1.53. The maximum Gasteiger partial charge on any atom is 0.323 e. The Bertz CT molecular complexity index is 1150. The molecule has 0 bridgehead atoms. The highest BCUT2D eigenvalue weighted by Crippen LogP contribution is 2.34. The zero-order valence-electron chi connectivity index (χ0n) is 15.6. The molecule has 0 radical (unpaired) electrons. The average molecular weight is 372 g/mol. The molecule has 2 amide bonds.